The zero-order valence-corrected chi connectivity index (χ0v) is 14.0. The first-order valence-electron chi connectivity index (χ1n) is 8.66. The molecule has 0 amide bonds. The van der Waals surface area contributed by atoms with Crippen LogP contribution in [0.4, 0.5) is 0 Å². The molecule has 0 spiro atoms. The van der Waals surface area contributed by atoms with Crippen molar-refractivity contribution in [3.8, 4) is 0 Å². The maximum Gasteiger partial charge on any atom is 0.191 e. The lowest BCUT2D eigenvalue weighted by molar-refractivity contribution is 0.104. The Bertz CT molecular complexity index is 357. The predicted molar refractivity (Wildman–Crippen MR) is 88.5 cm³/mol. The number of guanidine groups is 1. The number of nitrogens with zero attached hydrogens (tertiary/aromatic N) is 1. The molecule has 2 rings (SSSR count). The second kappa shape index (κ2) is 6.99. The van der Waals surface area contributed by atoms with Crippen LogP contribution in [-0.2, 0) is 0 Å². The first-order valence-corrected chi connectivity index (χ1v) is 8.66. The van der Waals surface area contributed by atoms with E-state index in [9.17, 15) is 5.11 Å². The van der Waals surface area contributed by atoms with E-state index in [0.717, 1.165) is 44.4 Å². The van der Waals surface area contributed by atoms with Crippen molar-refractivity contribution < 1.29 is 5.11 Å². The normalized spacial score (nSPS) is 22.8. The van der Waals surface area contributed by atoms with Gasteiger partial charge in [-0.3, -0.25) is 4.99 Å². The molecule has 2 aliphatic carbocycles. The van der Waals surface area contributed by atoms with Gasteiger partial charge in [-0.1, -0.05) is 20.3 Å². The standard InChI is InChI=1S/C17H33N3O/c1-4-18-15(20-12-17(13-21)8-9-17)19-11-16(6-5-7-16)10-14(2)3/h14,21H,4-13H2,1-3H3,(H2,18,19,20). The first kappa shape index (κ1) is 16.6. The fourth-order valence-corrected chi connectivity index (χ4v) is 3.40. The van der Waals surface area contributed by atoms with E-state index in [-0.39, 0.29) is 12.0 Å². The zero-order valence-electron chi connectivity index (χ0n) is 14.0. The van der Waals surface area contributed by atoms with E-state index < -0.39 is 0 Å². The van der Waals surface area contributed by atoms with Crippen LogP contribution in [0.25, 0.3) is 0 Å². The molecule has 0 heterocycles. The van der Waals surface area contributed by atoms with Crippen LogP contribution >= 0.6 is 0 Å². The lowest BCUT2D eigenvalue weighted by atomic mass is 9.64. The smallest absolute Gasteiger partial charge is 0.191 e. The Kier molecular flexibility index (Phi) is 5.53. The van der Waals surface area contributed by atoms with Gasteiger partial charge in [0.05, 0.1) is 13.2 Å². The van der Waals surface area contributed by atoms with Crippen LogP contribution in [0.15, 0.2) is 4.99 Å². The van der Waals surface area contributed by atoms with E-state index in [1.807, 2.05) is 0 Å². The van der Waals surface area contributed by atoms with E-state index in [1.165, 1.54) is 25.7 Å². The van der Waals surface area contributed by atoms with Crippen molar-refractivity contribution in [1.29, 1.82) is 0 Å². The Hall–Kier alpha value is -0.770. The van der Waals surface area contributed by atoms with Gasteiger partial charge < -0.3 is 15.7 Å². The molecule has 2 aliphatic rings. The number of hydrogen-bond donors (Lipinski definition) is 3. The van der Waals surface area contributed by atoms with Crippen molar-refractivity contribution in [3.63, 3.8) is 0 Å². The van der Waals surface area contributed by atoms with Crippen LogP contribution < -0.4 is 10.6 Å². The lowest BCUT2D eigenvalue weighted by Crippen LogP contribution is -2.47. The molecule has 0 aliphatic heterocycles. The molecule has 0 aromatic carbocycles. The molecule has 2 fully saturated rings. The predicted octanol–water partition coefficient (Wildman–Crippen LogP) is 2.53. The van der Waals surface area contributed by atoms with Gasteiger partial charge in [0.15, 0.2) is 5.96 Å². The zero-order chi connectivity index (χ0) is 15.3. The number of nitrogens with one attached hydrogen (secondary N) is 2. The maximum atomic E-state index is 9.39. The minimum atomic E-state index is 0.0917. The Morgan fingerprint density at radius 3 is 2.29 bits per heavy atom. The van der Waals surface area contributed by atoms with Gasteiger partial charge in [0.25, 0.3) is 0 Å². The van der Waals surface area contributed by atoms with Gasteiger partial charge in [-0.05, 0) is 50.4 Å². The highest BCUT2D eigenvalue weighted by Crippen LogP contribution is 2.46. The summed E-state index contributed by atoms with van der Waals surface area (Å²) in [5.41, 5.74) is 0.576. The number of aliphatic hydroxyl groups is 1. The Morgan fingerprint density at radius 1 is 1.14 bits per heavy atom. The quantitative estimate of drug-likeness (QED) is 0.476. The molecule has 0 atom stereocenters. The third-order valence-electron chi connectivity index (χ3n) is 5.10. The number of hydrogen-bond acceptors (Lipinski definition) is 2. The van der Waals surface area contributed by atoms with Crippen molar-refractivity contribution in [2.75, 3.05) is 26.2 Å². The third-order valence-corrected chi connectivity index (χ3v) is 5.10. The third kappa shape index (κ3) is 4.60. The molecule has 2 saturated carbocycles. The molecular formula is C17H33N3O. The fraction of sp³-hybridized carbons (Fsp3) is 0.941. The SMILES string of the molecule is CCNC(=NCC1(CO)CC1)NCC1(CC(C)C)CCC1. The van der Waals surface area contributed by atoms with Crippen molar-refractivity contribution in [1.82, 2.24) is 10.6 Å². The minimum Gasteiger partial charge on any atom is -0.396 e. The van der Waals surface area contributed by atoms with Gasteiger partial charge in [-0.15, -0.1) is 0 Å². The average Bonchev–Trinajstić information content (AvgIpc) is 3.19. The van der Waals surface area contributed by atoms with E-state index >= 15 is 0 Å². The van der Waals surface area contributed by atoms with Gasteiger partial charge in [0.2, 0.25) is 0 Å². The maximum absolute atomic E-state index is 9.39. The number of aliphatic hydroxyl groups excluding tert-OH is 1. The summed E-state index contributed by atoms with van der Waals surface area (Å²) in [5.74, 6) is 1.68. The van der Waals surface area contributed by atoms with Gasteiger partial charge in [0.1, 0.15) is 0 Å². The Morgan fingerprint density at radius 2 is 1.86 bits per heavy atom. The van der Waals surface area contributed by atoms with E-state index in [0.29, 0.717) is 5.41 Å². The molecular weight excluding hydrogens is 262 g/mol. The molecule has 0 aromatic rings. The highest BCUT2D eigenvalue weighted by molar-refractivity contribution is 5.79. The summed E-state index contributed by atoms with van der Waals surface area (Å²) in [5, 5.41) is 16.3. The van der Waals surface area contributed by atoms with Gasteiger partial charge in [-0.2, -0.15) is 0 Å². The van der Waals surface area contributed by atoms with Crippen LogP contribution in [0.2, 0.25) is 0 Å². The molecule has 4 nitrogen and oxygen atoms in total. The molecule has 0 saturated heterocycles. The Labute approximate surface area is 129 Å². The van der Waals surface area contributed by atoms with Crippen molar-refractivity contribution >= 4 is 5.96 Å². The van der Waals surface area contributed by atoms with E-state index in [4.69, 9.17) is 4.99 Å². The summed E-state index contributed by atoms with van der Waals surface area (Å²) in [6.07, 6.45) is 7.60. The summed E-state index contributed by atoms with van der Waals surface area (Å²) in [6.45, 7) is 9.67. The molecule has 0 radical (unpaired) electrons. The average molecular weight is 295 g/mol. The second-order valence-corrected chi connectivity index (χ2v) is 7.66. The highest BCUT2D eigenvalue weighted by atomic mass is 16.3. The monoisotopic (exact) mass is 295 g/mol. The van der Waals surface area contributed by atoms with Crippen LogP contribution in [-0.4, -0.2) is 37.3 Å². The molecule has 0 bridgehead atoms. The number of rotatable bonds is 8. The van der Waals surface area contributed by atoms with Gasteiger partial charge >= 0.3 is 0 Å². The molecule has 3 N–H and O–H groups in total. The number of aliphatic imine (C=N–C) groups is 1. The summed E-state index contributed by atoms with van der Waals surface area (Å²) >= 11 is 0. The van der Waals surface area contributed by atoms with Crippen LogP contribution in [0.3, 0.4) is 0 Å². The highest BCUT2D eigenvalue weighted by Gasteiger charge is 2.42. The summed E-state index contributed by atoms with van der Waals surface area (Å²) in [6, 6.07) is 0. The van der Waals surface area contributed by atoms with Crippen LogP contribution in [0.1, 0.15) is 59.3 Å². The fourth-order valence-electron chi connectivity index (χ4n) is 3.40. The summed E-state index contributed by atoms with van der Waals surface area (Å²) in [7, 11) is 0. The van der Waals surface area contributed by atoms with E-state index in [1.54, 1.807) is 0 Å². The second-order valence-electron chi connectivity index (χ2n) is 7.66. The largest absolute Gasteiger partial charge is 0.396 e. The van der Waals surface area contributed by atoms with Crippen LogP contribution in [0.5, 0.6) is 0 Å². The van der Waals surface area contributed by atoms with E-state index in [2.05, 4.69) is 31.4 Å². The summed E-state index contributed by atoms with van der Waals surface area (Å²) in [4.78, 5) is 4.69. The molecule has 21 heavy (non-hydrogen) atoms. The van der Waals surface area contributed by atoms with Gasteiger partial charge in [-0.25, -0.2) is 0 Å². The molecule has 4 heteroatoms. The Balaban J connectivity index is 1.85. The van der Waals surface area contributed by atoms with Crippen molar-refractivity contribution in [2.24, 2.45) is 21.7 Å². The molecule has 122 valence electrons. The van der Waals surface area contributed by atoms with Crippen molar-refractivity contribution in [3.05, 3.63) is 0 Å². The van der Waals surface area contributed by atoms with Crippen LogP contribution in [0, 0.1) is 16.7 Å². The molecule has 0 unspecified atom stereocenters. The molecule has 0 aromatic heterocycles. The topological polar surface area (TPSA) is 56.7 Å². The van der Waals surface area contributed by atoms with Gasteiger partial charge in [0, 0.05) is 18.5 Å². The lowest BCUT2D eigenvalue weighted by Gasteiger charge is -2.43. The first-order chi connectivity index (χ1) is 10.0. The minimum absolute atomic E-state index is 0.0917. The van der Waals surface area contributed by atoms with Crippen molar-refractivity contribution in [2.45, 2.75) is 59.3 Å². The summed E-state index contributed by atoms with van der Waals surface area (Å²) < 4.78 is 0.